The SMILES string of the molecule is CSc1ccc(C2(C3CCNCC3)Oc3ccc(F)cc3O2)cc1. The van der Waals surface area contributed by atoms with E-state index in [-0.39, 0.29) is 11.7 Å². The van der Waals surface area contributed by atoms with E-state index in [1.807, 2.05) is 0 Å². The zero-order chi connectivity index (χ0) is 16.6. The molecule has 0 saturated carbocycles. The Morgan fingerprint density at radius 1 is 1.04 bits per heavy atom. The summed E-state index contributed by atoms with van der Waals surface area (Å²) in [6, 6.07) is 12.8. The van der Waals surface area contributed by atoms with Crippen LogP contribution in [0.3, 0.4) is 0 Å². The van der Waals surface area contributed by atoms with Gasteiger partial charge in [0.25, 0.3) is 5.79 Å². The second kappa shape index (κ2) is 6.30. The van der Waals surface area contributed by atoms with Crippen LogP contribution >= 0.6 is 11.8 Å². The van der Waals surface area contributed by atoms with E-state index in [1.54, 1.807) is 17.8 Å². The lowest BCUT2D eigenvalue weighted by molar-refractivity contribution is -0.142. The molecule has 1 unspecified atom stereocenters. The van der Waals surface area contributed by atoms with Crippen molar-refractivity contribution in [2.24, 2.45) is 5.92 Å². The molecular formula is C19H20FNO2S. The molecule has 3 nitrogen and oxygen atoms in total. The van der Waals surface area contributed by atoms with Gasteiger partial charge in [0.1, 0.15) is 5.82 Å². The highest BCUT2D eigenvalue weighted by Crippen LogP contribution is 2.50. The van der Waals surface area contributed by atoms with Gasteiger partial charge < -0.3 is 14.8 Å². The number of piperidine rings is 1. The van der Waals surface area contributed by atoms with Crippen molar-refractivity contribution in [3.05, 3.63) is 53.8 Å². The molecule has 2 aliphatic rings. The standard InChI is InChI=1S/C19H20FNO2S/c1-24-16-5-2-13(3-6-16)19(14-8-10-21-11-9-14)22-17-7-4-15(20)12-18(17)23-19/h2-7,12,14,21H,8-11H2,1H3. The van der Waals surface area contributed by atoms with Crippen LogP contribution < -0.4 is 14.8 Å². The summed E-state index contributed by atoms with van der Waals surface area (Å²) in [5.41, 5.74) is 0.990. The highest BCUT2D eigenvalue weighted by Gasteiger charge is 2.50. The van der Waals surface area contributed by atoms with Gasteiger partial charge in [-0.25, -0.2) is 4.39 Å². The molecule has 24 heavy (non-hydrogen) atoms. The fraction of sp³-hybridized carbons (Fsp3) is 0.368. The zero-order valence-corrected chi connectivity index (χ0v) is 14.4. The highest BCUT2D eigenvalue weighted by atomic mass is 32.2. The first kappa shape index (κ1) is 15.8. The van der Waals surface area contributed by atoms with Crippen LogP contribution in [0.5, 0.6) is 11.5 Å². The van der Waals surface area contributed by atoms with Crippen molar-refractivity contribution >= 4 is 11.8 Å². The van der Waals surface area contributed by atoms with Crippen molar-refractivity contribution in [3.63, 3.8) is 0 Å². The van der Waals surface area contributed by atoms with Crippen molar-refractivity contribution in [3.8, 4) is 11.5 Å². The van der Waals surface area contributed by atoms with Gasteiger partial charge in [0.15, 0.2) is 11.5 Å². The number of ether oxygens (including phenoxy) is 2. The first-order chi connectivity index (χ1) is 11.7. The van der Waals surface area contributed by atoms with Gasteiger partial charge in [-0.2, -0.15) is 0 Å². The van der Waals surface area contributed by atoms with Gasteiger partial charge in [0, 0.05) is 22.4 Å². The van der Waals surface area contributed by atoms with Crippen molar-refractivity contribution in [1.29, 1.82) is 0 Å². The predicted molar refractivity (Wildman–Crippen MR) is 93.2 cm³/mol. The number of halogens is 1. The van der Waals surface area contributed by atoms with E-state index in [1.165, 1.54) is 17.0 Å². The summed E-state index contributed by atoms with van der Waals surface area (Å²) in [6.07, 6.45) is 3.97. The second-order valence-electron chi connectivity index (χ2n) is 6.22. The first-order valence-electron chi connectivity index (χ1n) is 8.24. The Kier molecular flexibility index (Phi) is 4.14. The Morgan fingerprint density at radius 3 is 2.46 bits per heavy atom. The van der Waals surface area contributed by atoms with E-state index in [0.717, 1.165) is 31.5 Å². The minimum absolute atomic E-state index is 0.217. The van der Waals surface area contributed by atoms with Crippen LogP contribution in [0.2, 0.25) is 0 Å². The van der Waals surface area contributed by atoms with Crippen LogP contribution in [0.4, 0.5) is 4.39 Å². The number of rotatable bonds is 3. The minimum atomic E-state index is -0.866. The van der Waals surface area contributed by atoms with Crippen LogP contribution in [0.25, 0.3) is 0 Å². The van der Waals surface area contributed by atoms with Gasteiger partial charge in [0.05, 0.1) is 0 Å². The molecule has 2 aromatic carbocycles. The van der Waals surface area contributed by atoms with Gasteiger partial charge in [-0.1, -0.05) is 12.1 Å². The van der Waals surface area contributed by atoms with Gasteiger partial charge in [-0.3, -0.25) is 0 Å². The van der Waals surface area contributed by atoms with E-state index in [9.17, 15) is 4.39 Å². The normalized spacial score (nSPS) is 23.4. The van der Waals surface area contributed by atoms with Crippen molar-refractivity contribution in [2.45, 2.75) is 23.5 Å². The monoisotopic (exact) mass is 345 g/mol. The summed E-state index contributed by atoms with van der Waals surface area (Å²) in [5, 5.41) is 3.38. The largest absolute Gasteiger partial charge is 0.444 e. The molecule has 0 amide bonds. The van der Waals surface area contributed by atoms with E-state index < -0.39 is 5.79 Å². The number of hydrogen-bond acceptors (Lipinski definition) is 4. The van der Waals surface area contributed by atoms with E-state index >= 15 is 0 Å². The lowest BCUT2D eigenvalue weighted by atomic mass is 9.84. The zero-order valence-electron chi connectivity index (χ0n) is 13.5. The molecular weight excluding hydrogens is 325 g/mol. The van der Waals surface area contributed by atoms with E-state index in [2.05, 4.69) is 35.8 Å². The van der Waals surface area contributed by atoms with Gasteiger partial charge in [0.2, 0.25) is 0 Å². The van der Waals surface area contributed by atoms with Crippen molar-refractivity contribution < 1.29 is 13.9 Å². The average molecular weight is 345 g/mol. The van der Waals surface area contributed by atoms with Gasteiger partial charge >= 0.3 is 0 Å². The first-order valence-corrected chi connectivity index (χ1v) is 9.46. The fourth-order valence-electron chi connectivity index (χ4n) is 3.54. The molecule has 0 aromatic heterocycles. The summed E-state index contributed by atoms with van der Waals surface area (Å²) >= 11 is 1.70. The van der Waals surface area contributed by atoms with E-state index in [0.29, 0.717) is 11.5 Å². The Labute approximate surface area is 145 Å². The van der Waals surface area contributed by atoms with Crippen LogP contribution in [-0.4, -0.2) is 19.3 Å². The lowest BCUT2D eigenvalue weighted by Gasteiger charge is -2.38. The molecule has 0 bridgehead atoms. The number of benzene rings is 2. The highest BCUT2D eigenvalue weighted by molar-refractivity contribution is 7.98. The second-order valence-corrected chi connectivity index (χ2v) is 7.10. The maximum Gasteiger partial charge on any atom is 0.281 e. The smallest absolute Gasteiger partial charge is 0.281 e. The summed E-state index contributed by atoms with van der Waals surface area (Å²) < 4.78 is 26.2. The van der Waals surface area contributed by atoms with Crippen molar-refractivity contribution in [2.75, 3.05) is 19.3 Å². The third-order valence-electron chi connectivity index (χ3n) is 4.80. The molecule has 0 aliphatic carbocycles. The molecule has 2 aliphatic heterocycles. The molecule has 1 N–H and O–H groups in total. The molecule has 1 fully saturated rings. The maximum absolute atomic E-state index is 13.6. The Hall–Kier alpha value is -1.72. The molecule has 0 spiro atoms. The molecule has 0 radical (unpaired) electrons. The molecule has 2 aromatic rings. The fourth-order valence-corrected chi connectivity index (χ4v) is 3.95. The van der Waals surface area contributed by atoms with Crippen molar-refractivity contribution in [1.82, 2.24) is 5.32 Å². The van der Waals surface area contributed by atoms with E-state index in [4.69, 9.17) is 9.47 Å². The van der Waals surface area contributed by atoms with Crippen LogP contribution in [0.15, 0.2) is 47.4 Å². The Bertz CT molecular complexity index is 731. The van der Waals surface area contributed by atoms with Gasteiger partial charge in [-0.15, -0.1) is 11.8 Å². The summed E-state index contributed by atoms with van der Waals surface area (Å²) in [5.74, 6) is 0.145. The third kappa shape index (κ3) is 2.66. The molecule has 1 atom stereocenters. The summed E-state index contributed by atoms with van der Waals surface area (Å²) in [6.45, 7) is 1.87. The van der Waals surface area contributed by atoms with Gasteiger partial charge in [-0.05, 0) is 56.5 Å². The lowest BCUT2D eigenvalue weighted by Crippen LogP contribution is -2.47. The molecule has 5 heteroatoms. The quantitative estimate of drug-likeness (QED) is 0.846. The Morgan fingerprint density at radius 2 is 1.75 bits per heavy atom. The van der Waals surface area contributed by atoms with Crippen LogP contribution in [0, 0.1) is 11.7 Å². The van der Waals surface area contributed by atoms with Crippen LogP contribution in [0.1, 0.15) is 18.4 Å². The number of thioether (sulfide) groups is 1. The Balaban J connectivity index is 1.76. The number of hydrogen-bond donors (Lipinski definition) is 1. The number of fused-ring (bicyclic) bond motifs is 1. The minimum Gasteiger partial charge on any atom is -0.444 e. The summed E-state index contributed by atoms with van der Waals surface area (Å²) in [4.78, 5) is 1.20. The predicted octanol–water partition coefficient (Wildman–Crippen LogP) is 4.17. The number of nitrogens with one attached hydrogen (secondary N) is 1. The molecule has 4 rings (SSSR count). The summed E-state index contributed by atoms with van der Waals surface area (Å²) in [7, 11) is 0. The average Bonchev–Trinajstić information content (AvgIpc) is 3.02. The molecule has 2 heterocycles. The van der Waals surface area contributed by atoms with Crippen LogP contribution in [-0.2, 0) is 5.79 Å². The third-order valence-corrected chi connectivity index (χ3v) is 5.54. The molecule has 1 saturated heterocycles. The topological polar surface area (TPSA) is 30.5 Å². The maximum atomic E-state index is 13.6. The molecule has 126 valence electrons.